The number of benzene rings is 1. The highest BCUT2D eigenvalue weighted by molar-refractivity contribution is 5.95. The minimum atomic E-state index is -0.343. The number of anilines is 1. The molecule has 0 fully saturated rings. The largest absolute Gasteiger partial charge is 0.325 e. The summed E-state index contributed by atoms with van der Waals surface area (Å²) in [6.07, 6.45) is 0.818. The van der Waals surface area contributed by atoms with Crippen LogP contribution in [0, 0.1) is 12.7 Å². The lowest BCUT2D eigenvalue weighted by Crippen LogP contribution is -2.19. The number of pyridine rings is 1. The quantitative estimate of drug-likeness (QED) is 0.928. The fourth-order valence-electron chi connectivity index (χ4n) is 2.14. The van der Waals surface area contributed by atoms with Crippen molar-refractivity contribution in [3.8, 4) is 0 Å². The molecule has 1 aromatic heterocycles. The number of carbonyl (C=O) groups excluding carboxylic acids is 1. The standard InChI is InChI=1S/C17H19FN2O/c1-4-15-10-16(9-11(2)19-15)20-17(21)12(3)13-5-7-14(18)8-6-13/h5-10,12H,4H2,1-3H3,(H,19,20,21). The molecule has 0 aliphatic rings. The smallest absolute Gasteiger partial charge is 0.231 e. The fraction of sp³-hybridized carbons (Fsp3) is 0.294. The molecule has 0 bridgehead atoms. The Morgan fingerprint density at radius 1 is 1.29 bits per heavy atom. The molecule has 3 nitrogen and oxygen atoms in total. The second-order valence-electron chi connectivity index (χ2n) is 5.10. The summed E-state index contributed by atoms with van der Waals surface area (Å²) in [6.45, 7) is 5.73. The number of amides is 1. The molecule has 110 valence electrons. The van der Waals surface area contributed by atoms with E-state index < -0.39 is 0 Å². The Kier molecular flexibility index (Phi) is 4.68. The zero-order valence-corrected chi connectivity index (χ0v) is 12.5. The van der Waals surface area contributed by atoms with Crippen molar-refractivity contribution in [3.63, 3.8) is 0 Å². The lowest BCUT2D eigenvalue weighted by molar-refractivity contribution is -0.117. The van der Waals surface area contributed by atoms with Crippen LogP contribution in [-0.2, 0) is 11.2 Å². The number of hydrogen-bond donors (Lipinski definition) is 1. The summed E-state index contributed by atoms with van der Waals surface area (Å²) in [6, 6.07) is 9.72. The van der Waals surface area contributed by atoms with E-state index in [-0.39, 0.29) is 17.6 Å². The van der Waals surface area contributed by atoms with Crippen LogP contribution in [0.25, 0.3) is 0 Å². The molecule has 1 heterocycles. The van der Waals surface area contributed by atoms with Crippen molar-refractivity contribution >= 4 is 11.6 Å². The van der Waals surface area contributed by atoms with Gasteiger partial charge in [-0.2, -0.15) is 0 Å². The number of carbonyl (C=O) groups is 1. The molecule has 0 radical (unpaired) electrons. The van der Waals surface area contributed by atoms with E-state index in [2.05, 4.69) is 10.3 Å². The van der Waals surface area contributed by atoms with Crippen LogP contribution < -0.4 is 5.32 Å². The number of halogens is 1. The van der Waals surface area contributed by atoms with Crippen LogP contribution in [-0.4, -0.2) is 10.9 Å². The average molecular weight is 286 g/mol. The van der Waals surface area contributed by atoms with Gasteiger partial charge in [-0.1, -0.05) is 19.1 Å². The van der Waals surface area contributed by atoms with Crippen LogP contribution in [0.4, 0.5) is 10.1 Å². The zero-order chi connectivity index (χ0) is 15.4. The predicted octanol–water partition coefficient (Wildman–Crippen LogP) is 3.83. The van der Waals surface area contributed by atoms with Gasteiger partial charge in [0.1, 0.15) is 5.82 Å². The maximum atomic E-state index is 12.9. The Hall–Kier alpha value is -2.23. The van der Waals surface area contributed by atoms with E-state index in [1.807, 2.05) is 26.0 Å². The van der Waals surface area contributed by atoms with Crippen LogP contribution in [0.3, 0.4) is 0 Å². The van der Waals surface area contributed by atoms with Gasteiger partial charge in [0.25, 0.3) is 0 Å². The Morgan fingerprint density at radius 3 is 2.57 bits per heavy atom. The molecule has 2 aromatic rings. The third kappa shape index (κ3) is 3.88. The molecular weight excluding hydrogens is 267 g/mol. The normalized spacial score (nSPS) is 12.0. The monoisotopic (exact) mass is 286 g/mol. The van der Waals surface area contributed by atoms with Crippen molar-refractivity contribution in [1.82, 2.24) is 4.98 Å². The lowest BCUT2D eigenvalue weighted by Gasteiger charge is -2.13. The molecule has 0 saturated heterocycles. The number of nitrogens with zero attached hydrogens (tertiary/aromatic N) is 1. The van der Waals surface area contributed by atoms with E-state index in [1.165, 1.54) is 12.1 Å². The summed E-state index contributed by atoms with van der Waals surface area (Å²) >= 11 is 0. The van der Waals surface area contributed by atoms with Gasteiger partial charge >= 0.3 is 0 Å². The second-order valence-corrected chi connectivity index (χ2v) is 5.10. The maximum absolute atomic E-state index is 12.9. The molecule has 0 spiro atoms. The first-order valence-electron chi connectivity index (χ1n) is 7.03. The van der Waals surface area contributed by atoms with Crippen molar-refractivity contribution in [1.29, 1.82) is 0 Å². The number of hydrogen-bond acceptors (Lipinski definition) is 2. The van der Waals surface area contributed by atoms with Crippen LogP contribution >= 0.6 is 0 Å². The Labute approximate surface area is 124 Å². The van der Waals surface area contributed by atoms with E-state index in [0.29, 0.717) is 0 Å². The third-order valence-corrected chi connectivity index (χ3v) is 3.40. The van der Waals surface area contributed by atoms with E-state index in [4.69, 9.17) is 0 Å². The highest BCUT2D eigenvalue weighted by atomic mass is 19.1. The summed E-state index contributed by atoms with van der Waals surface area (Å²) in [7, 11) is 0. The van der Waals surface area contributed by atoms with Gasteiger partial charge in [0.2, 0.25) is 5.91 Å². The molecule has 1 unspecified atom stereocenters. The molecule has 0 saturated carbocycles. The molecule has 1 aromatic carbocycles. The first-order chi connectivity index (χ1) is 9.99. The number of aryl methyl sites for hydroxylation is 2. The molecular formula is C17H19FN2O. The highest BCUT2D eigenvalue weighted by Crippen LogP contribution is 2.19. The maximum Gasteiger partial charge on any atom is 0.231 e. The molecule has 0 aliphatic heterocycles. The molecule has 21 heavy (non-hydrogen) atoms. The molecule has 1 atom stereocenters. The summed E-state index contributed by atoms with van der Waals surface area (Å²) in [5, 5.41) is 2.90. The minimum absolute atomic E-state index is 0.116. The van der Waals surface area contributed by atoms with Crippen molar-refractivity contribution in [2.45, 2.75) is 33.1 Å². The van der Waals surface area contributed by atoms with Crippen LogP contribution in [0.1, 0.15) is 36.7 Å². The van der Waals surface area contributed by atoms with Crippen molar-refractivity contribution in [3.05, 3.63) is 59.2 Å². The topological polar surface area (TPSA) is 42.0 Å². The van der Waals surface area contributed by atoms with Gasteiger partial charge in [-0.05, 0) is 50.1 Å². The number of aromatic nitrogens is 1. The summed E-state index contributed by atoms with van der Waals surface area (Å²) in [5.74, 6) is -0.762. The van der Waals surface area contributed by atoms with Crippen LogP contribution in [0.5, 0.6) is 0 Å². The van der Waals surface area contributed by atoms with Gasteiger partial charge in [0.05, 0.1) is 5.92 Å². The summed E-state index contributed by atoms with van der Waals surface area (Å²) in [4.78, 5) is 16.7. The van der Waals surface area contributed by atoms with Crippen LogP contribution in [0.2, 0.25) is 0 Å². The molecule has 4 heteroatoms. The zero-order valence-electron chi connectivity index (χ0n) is 12.5. The lowest BCUT2D eigenvalue weighted by atomic mass is 10.0. The Balaban J connectivity index is 2.13. The van der Waals surface area contributed by atoms with E-state index in [9.17, 15) is 9.18 Å². The van der Waals surface area contributed by atoms with Gasteiger partial charge < -0.3 is 5.32 Å². The van der Waals surface area contributed by atoms with Gasteiger partial charge in [0, 0.05) is 17.1 Å². The van der Waals surface area contributed by atoms with Gasteiger partial charge in [-0.15, -0.1) is 0 Å². The van der Waals surface area contributed by atoms with Gasteiger partial charge in [-0.3, -0.25) is 9.78 Å². The van der Waals surface area contributed by atoms with E-state index in [1.54, 1.807) is 19.1 Å². The first-order valence-corrected chi connectivity index (χ1v) is 7.03. The van der Waals surface area contributed by atoms with Gasteiger partial charge in [-0.25, -0.2) is 4.39 Å². The molecule has 1 amide bonds. The Morgan fingerprint density at radius 2 is 1.95 bits per heavy atom. The van der Waals surface area contributed by atoms with Crippen molar-refractivity contribution < 1.29 is 9.18 Å². The average Bonchev–Trinajstić information content (AvgIpc) is 2.46. The van der Waals surface area contributed by atoms with Crippen molar-refractivity contribution in [2.24, 2.45) is 0 Å². The van der Waals surface area contributed by atoms with Crippen molar-refractivity contribution in [2.75, 3.05) is 5.32 Å². The summed E-state index contributed by atoms with van der Waals surface area (Å²) in [5.41, 5.74) is 3.35. The minimum Gasteiger partial charge on any atom is -0.325 e. The van der Waals surface area contributed by atoms with E-state index >= 15 is 0 Å². The highest BCUT2D eigenvalue weighted by Gasteiger charge is 2.15. The predicted molar refractivity (Wildman–Crippen MR) is 81.8 cm³/mol. The molecule has 2 rings (SSSR count). The fourth-order valence-corrected chi connectivity index (χ4v) is 2.14. The SMILES string of the molecule is CCc1cc(NC(=O)C(C)c2ccc(F)cc2)cc(C)n1. The number of rotatable bonds is 4. The molecule has 0 aliphatic carbocycles. The molecule has 1 N–H and O–H groups in total. The number of nitrogens with one attached hydrogen (secondary N) is 1. The second kappa shape index (κ2) is 6.48. The van der Waals surface area contributed by atoms with E-state index in [0.717, 1.165) is 29.1 Å². The van der Waals surface area contributed by atoms with Gasteiger partial charge in [0.15, 0.2) is 0 Å². The first kappa shape index (κ1) is 15.2. The Bertz CT molecular complexity index is 638. The summed E-state index contributed by atoms with van der Waals surface area (Å²) < 4.78 is 12.9. The van der Waals surface area contributed by atoms with Crippen LogP contribution in [0.15, 0.2) is 36.4 Å². The third-order valence-electron chi connectivity index (χ3n) is 3.40.